The average Bonchev–Trinajstić information content (AvgIpc) is 2.71. The van der Waals surface area contributed by atoms with E-state index >= 15 is 0 Å². The Bertz CT molecular complexity index is 551. The van der Waals surface area contributed by atoms with Gasteiger partial charge in [0.15, 0.2) is 0 Å². The minimum absolute atomic E-state index is 0.133. The van der Waals surface area contributed by atoms with Gasteiger partial charge in [-0.15, -0.1) is 0 Å². The van der Waals surface area contributed by atoms with Crippen molar-refractivity contribution in [1.29, 1.82) is 0 Å². The van der Waals surface area contributed by atoms with Crippen molar-refractivity contribution in [3.63, 3.8) is 0 Å². The second-order valence-corrected chi connectivity index (χ2v) is 4.53. The zero-order chi connectivity index (χ0) is 13.1. The summed E-state index contributed by atoms with van der Waals surface area (Å²) in [5.74, 6) is 0.133. The molecule has 4 nitrogen and oxygen atoms in total. The molecule has 0 saturated heterocycles. The third-order valence-electron chi connectivity index (χ3n) is 2.78. The number of anilines is 1. The number of aromatic hydroxyl groups is 1. The molecule has 0 radical (unpaired) electrons. The molecular formula is C13H16ClN3O. The van der Waals surface area contributed by atoms with E-state index in [9.17, 15) is 5.11 Å². The first-order valence-electron chi connectivity index (χ1n) is 5.84. The maximum Gasteiger partial charge on any atom is 0.139 e. The van der Waals surface area contributed by atoms with E-state index in [0.29, 0.717) is 11.6 Å². The van der Waals surface area contributed by atoms with Crippen molar-refractivity contribution in [2.75, 3.05) is 5.32 Å². The highest BCUT2D eigenvalue weighted by Crippen LogP contribution is 2.27. The summed E-state index contributed by atoms with van der Waals surface area (Å²) >= 11 is 5.86. The van der Waals surface area contributed by atoms with Gasteiger partial charge in [0.05, 0.1) is 16.4 Å². The molecule has 0 unspecified atom stereocenters. The van der Waals surface area contributed by atoms with Gasteiger partial charge in [0.2, 0.25) is 0 Å². The van der Waals surface area contributed by atoms with Crippen LogP contribution in [0.4, 0.5) is 5.69 Å². The predicted molar refractivity (Wildman–Crippen MR) is 73.0 cm³/mol. The molecule has 0 saturated carbocycles. The van der Waals surface area contributed by atoms with Crippen LogP contribution in [0.1, 0.15) is 18.2 Å². The lowest BCUT2D eigenvalue weighted by Gasteiger charge is -2.08. The largest absolute Gasteiger partial charge is 0.506 e. The first-order valence-corrected chi connectivity index (χ1v) is 6.22. The van der Waals surface area contributed by atoms with E-state index in [1.54, 1.807) is 10.7 Å². The first kappa shape index (κ1) is 12.8. The Morgan fingerprint density at radius 2 is 2.22 bits per heavy atom. The van der Waals surface area contributed by atoms with Gasteiger partial charge >= 0.3 is 0 Å². The molecule has 0 spiro atoms. The van der Waals surface area contributed by atoms with E-state index in [0.717, 1.165) is 23.4 Å². The third kappa shape index (κ3) is 2.59. The molecule has 2 aromatic rings. The van der Waals surface area contributed by atoms with Gasteiger partial charge < -0.3 is 10.4 Å². The van der Waals surface area contributed by atoms with Crippen molar-refractivity contribution in [1.82, 2.24) is 9.78 Å². The summed E-state index contributed by atoms with van der Waals surface area (Å²) in [5.41, 5.74) is 2.77. The molecule has 0 amide bonds. The second-order valence-electron chi connectivity index (χ2n) is 4.12. The van der Waals surface area contributed by atoms with E-state index in [1.807, 2.05) is 25.4 Å². The van der Waals surface area contributed by atoms with Crippen molar-refractivity contribution >= 4 is 17.3 Å². The highest BCUT2D eigenvalue weighted by atomic mass is 35.5. The van der Waals surface area contributed by atoms with Gasteiger partial charge in [-0.2, -0.15) is 5.10 Å². The van der Waals surface area contributed by atoms with Crippen LogP contribution in [0.5, 0.6) is 5.75 Å². The molecule has 1 aromatic heterocycles. The number of phenolic OH excluding ortho intramolecular Hbond substituents is 1. The van der Waals surface area contributed by atoms with E-state index in [-0.39, 0.29) is 5.75 Å². The summed E-state index contributed by atoms with van der Waals surface area (Å²) in [6.45, 7) is 2.58. The van der Waals surface area contributed by atoms with Crippen LogP contribution in [0.2, 0.25) is 5.02 Å². The number of hydrogen-bond donors (Lipinski definition) is 2. The first-order chi connectivity index (χ1) is 8.61. The molecule has 0 aliphatic carbocycles. The molecule has 0 aliphatic heterocycles. The zero-order valence-electron chi connectivity index (χ0n) is 10.4. The van der Waals surface area contributed by atoms with Crippen LogP contribution in [0, 0.1) is 0 Å². The normalized spacial score (nSPS) is 10.6. The summed E-state index contributed by atoms with van der Waals surface area (Å²) in [5, 5.41) is 17.8. The topological polar surface area (TPSA) is 50.1 Å². The van der Waals surface area contributed by atoms with Gasteiger partial charge in [-0.25, -0.2) is 0 Å². The van der Waals surface area contributed by atoms with Crippen molar-refractivity contribution in [3.05, 3.63) is 40.7 Å². The Balaban J connectivity index is 2.13. The highest BCUT2D eigenvalue weighted by Gasteiger charge is 2.08. The number of hydrogen-bond acceptors (Lipinski definition) is 3. The number of phenols is 1. The molecule has 2 rings (SSSR count). The molecule has 0 fully saturated rings. The molecule has 1 heterocycles. The molecule has 1 aromatic carbocycles. The number of rotatable bonds is 4. The fourth-order valence-electron chi connectivity index (χ4n) is 1.84. The van der Waals surface area contributed by atoms with E-state index in [1.165, 1.54) is 0 Å². The number of para-hydroxylation sites is 1. The third-order valence-corrected chi connectivity index (χ3v) is 3.08. The van der Waals surface area contributed by atoms with Gasteiger partial charge in [-0.1, -0.05) is 30.7 Å². The Hall–Kier alpha value is -1.68. The number of benzene rings is 1. The summed E-state index contributed by atoms with van der Waals surface area (Å²) in [6.07, 6.45) is 2.80. The molecule has 0 bridgehead atoms. The van der Waals surface area contributed by atoms with Crippen LogP contribution in [0.3, 0.4) is 0 Å². The molecule has 5 heteroatoms. The fourth-order valence-corrected chi connectivity index (χ4v) is 2.03. The molecule has 0 aliphatic rings. The van der Waals surface area contributed by atoms with Crippen LogP contribution >= 0.6 is 11.6 Å². The monoisotopic (exact) mass is 265 g/mol. The Morgan fingerprint density at radius 1 is 1.44 bits per heavy atom. The minimum Gasteiger partial charge on any atom is -0.506 e. The number of nitrogens with one attached hydrogen (secondary N) is 1. The van der Waals surface area contributed by atoms with Gasteiger partial charge in [-0.05, 0) is 12.5 Å². The lowest BCUT2D eigenvalue weighted by atomic mass is 10.2. The highest BCUT2D eigenvalue weighted by molar-refractivity contribution is 6.32. The molecule has 18 heavy (non-hydrogen) atoms. The maximum absolute atomic E-state index is 9.81. The van der Waals surface area contributed by atoms with Crippen LogP contribution in [-0.2, 0) is 20.0 Å². The van der Waals surface area contributed by atoms with E-state index < -0.39 is 0 Å². The van der Waals surface area contributed by atoms with Gasteiger partial charge in [0.1, 0.15) is 5.75 Å². The Morgan fingerprint density at radius 3 is 2.94 bits per heavy atom. The number of nitrogens with zero attached hydrogens (tertiary/aromatic N) is 2. The molecule has 2 N–H and O–H groups in total. The number of halogens is 1. The summed E-state index contributed by atoms with van der Waals surface area (Å²) in [6, 6.07) is 5.33. The van der Waals surface area contributed by atoms with Crippen LogP contribution < -0.4 is 5.32 Å². The predicted octanol–water partition coefficient (Wildman–Crippen LogP) is 2.95. The lowest BCUT2D eigenvalue weighted by molar-refractivity contribution is 0.469. The van der Waals surface area contributed by atoms with E-state index in [2.05, 4.69) is 17.3 Å². The van der Waals surface area contributed by atoms with Crippen molar-refractivity contribution in [3.8, 4) is 5.75 Å². The fraction of sp³-hybridized carbons (Fsp3) is 0.308. The van der Waals surface area contributed by atoms with Crippen molar-refractivity contribution in [2.24, 2.45) is 7.05 Å². The molecule has 0 atom stereocenters. The molecule has 96 valence electrons. The zero-order valence-corrected chi connectivity index (χ0v) is 11.2. The van der Waals surface area contributed by atoms with Crippen LogP contribution in [0.25, 0.3) is 0 Å². The summed E-state index contributed by atoms with van der Waals surface area (Å²) in [4.78, 5) is 0. The quantitative estimate of drug-likeness (QED) is 0.894. The smallest absolute Gasteiger partial charge is 0.139 e. The van der Waals surface area contributed by atoms with Gasteiger partial charge in [0, 0.05) is 25.4 Å². The van der Waals surface area contributed by atoms with E-state index in [4.69, 9.17) is 11.6 Å². The van der Waals surface area contributed by atoms with Gasteiger partial charge in [-0.3, -0.25) is 4.68 Å². The molecular weight excluding hydrogens is 250 g/mol. The Kier molecular flexibility index (Phi) is 3.77. The summed E-state index contributed by atoms with van der Waals surface area (Å²) in [7, 11) is 1.89. The van der Waals surface area contributed by atoms with Crippen LogP contribution in [0.15, 0.2) is 24.4 Å². The standard InChI is InChI=1S/C13H16ClN3O/c1-3-11-12(8-17(2)16-11)15-7-9-5-4-6-10(14)13(9)18/h4-6,8,15,18H,3,7H2,1-2H3. The summed E-state index contributed by atoms with van der Waals surface area (Å²) < 4.78 is 1.78. The van der Waals surface area contributed by atoms with Gasteiger partial charge in [0.25, 0.3) is 0 Å². The van der Waals surface area contributed by atoms with Crippen molar-refractivity contribution in [2.45, 2.75) is 19.9 Å². The minimum atomic E-state index is 0.133. The maximum atomic E-state index is 9.81. The number of aryl methyl sites for hydroxylation is 2. The second kappa shape index (κ2) is 5.31. The average molecular weight is 266 g/mol. The SMILES string of the molecule is CCc1nn(C)cc1NCc1cccc(Cl)c1O. The Labute approximate surface area is 111 Å². The van der Waals surface area contributed by atoms with Crippen LogP contribution in [-0.4, -0.2) is 14.9 Å². The van der Waals surface area contributed by atoms with Crippen molar-refractivity contribution < 1.29 is 5.11 Å². The lowest BCUT2D eigenvalue weighted by Crippen LogP contribution is -2.01. The number of aromatic nitrogens is 2.